The number of rotatable bonds is 7. The number of hydrogen-bond donors (Lipinski definition) is 0. The Bertz CT molecular complexity index is 1150. The van der Waals surface area contributed by atoms with Crippen LogP contribution in [0.15, 0.2) is 57.9 Å². The lowest BCUT2D eigenvalue weighted by atomic mass is 10.1. The van der Waals surface area contributed by atoms with E-state index in [9.17, 15) is 13.2 Å². The van der Waals surface area contributed by atoms with Crippen molar-refractivity contribution >= 4 is 21.4 Å². The fourth-order valence-electron chi connectivity index (χ4n) is 2.98. The monoisotopic (exact) mass is 428 g/mol. The Kier molecular flexibility index (Phi) is 6.26. The fourth-order valence-corrected chi connectivity index (χ4v) is 4.41. The first kappa shape index (κ1) is 21.6. The highest BCUT2D eigenvalue weighted by Gasteiger charge is 2.24. The van der Waals surface area contributed by atoms with Gasteiger partial charge in [0.15, 0.2) is 15.6 Å². The summed E-state index contributed by atoms with van der Waals surface area (Å²) in [5, 5.41) is 3.83. The molecule has 0 bridgehead atoms. The van der Waals surface area contributed by atoms with Gasteiger partial charge in [0.1, 0.15) is 10.6 Å². The van der Waals surface area contributed by atoms with Crippen molar-refractivity contribution in [2.75, 3.05) is 24.8 Å². The number of hydrogen-bond acceptors (Lipinski definition) is 6. The van der Waals surface area contributed by atoms with Crippen LogP contribution in [0.3, 0.4) is 0 Å². The molecule has 0 aliphatic heterocycles. The third kappa shape index (κ3) is 4.71. The molecule has 0 saturated carbocycles. The number of anilines is 1. The summed E-state index contributed by atoms with van der Waals surface area (Å²) >= 11 is 0. The van der Waals surface area contributed by atoms with Gasteiger partial charge in [-0.05, 0) is 44.2 Å². The van der Waals surface area contributed by atoms with Crippen LogP contribution in [-0.2, 0) is 14.6 Å². The number of carbonyl (C=O) groups is 1. The quantitative estimate of drug-likeness (QED) is 0.569. The minimum Gasteiger partial charge on any atom is -0.495 e. The van der Waals surface area contributed by atoms with Gasteiger partial charge in [-0.25, -0.2) is 8.42 Å². The number of amides is 1. The molecule has 0 aliphatic rings. The molecule has 0 spiro atoms. The predicted octanol–water partition coefficient (Wildman–Crippen LogP) is 3.79. The number of ether oxygens (including phenoxy) is 1. The van der Waals surface area contributed by atoms with Gasteiger partial charge >= 0.3 is 0 Å². The normalized spacial score (nSPS) is 11.3. The molecule has 7 nitrogen and oxygen atoms in total. The number of nitrogens with zero attached hydrogens (tertiary/aromatic N) is 2. The summed E-state index contributed by atoms with van der Waals surface area (Å²) in [4.78, 5) is 14.0. The summed E-state index contributed by atoms with van der Waals surface area (Å²) < 4.78 is 36.5. The van der Waals surface area contributed by atoms with Gasteiger partial charge < -0.3 is 14.2 Å². The first-order valence-electron chi connectivity index (χ1n) is 9.39. The zero-order chi connectivity index (χ0) is 21.9. The molecule has 1 amide bonds. The first-order chi connectivity index (χ1) is 14.2. The van der Waals surface area contributed by atoms with E-state index in [-0.39, 0.29) is 28.7 Å². The van der Waals surface area contributed by atoms with Gasteiger partial charge in [0.25, 0.3) is 0 Å². The van der Waals surface area contributed by atoms with E-state index in [2.05, 4.69) is 5.16 Å². The topological polar surface area (TPSA) is 89.7 Å². The van der Waals surface area contributed by atoms with Gasteiger partial charge in [0.2, 0.25) is 5.91 Å². The van der Waals surface area contributed by atoms with E-state index < -0.39 is 9.84 Å². The van der Waals surface area contributed by atoms with Crippen molar-refractivity contribution in [3.8, 4) is 17.1 Å². The molecule has 2 aromatic carbocycles. The molecule has 0 fully saturated rings. The average Bonchev–Trinajstić information content (AvgIpc) is 3.18. The van der Waals surface area contributed by atoms with Crippen LogP contribution >= 0.6 is 0 Å². The molecule has 8 heteroatoms. The van der Waals surface area contributed by atoms with Crippen LogP contribution in [-0.4, -0.2) is 39.4 Å². The molecule has 0 aliphatic carbocycles. The SMILES string of the molecule is COc1ccc(-c2cc(C)no2)cc1S(=O)(=O)CCC(=O)N(C)c1ccc(C)cc1. The predicted molar refractivity (Wildman–Crippen MR) is 114 cm³/mol. The number of carbonyl (C=O) groups excluding carboxylic acids is 1. The number of sulfone groups is 1. The summed E-state index contributed by atoms with van der Waals surface area (Å²) in [6.07, 6.45) is -0.151. The summed E-state index contributed by atoms with van der Waals surface area (Å²) in [6, 6.07) is 13.9. The minimum absolute atomic E-state index is 0.0161. The minimum atomic E-state index is -3.78. The van der Waals surface area contributed by atoms with Crippen LogP contribution in [0.1, 0.15) is 17.7 Å². The molecule has 3 aromatic rings. The van der Waals surface area contributed by atoms with Gasteiger partial charge in [0, 0.05) is 30.8 Å². The van der Waals surface area contributed by atoms with Gasteiger partial charge in [-0.2, -0.15) is 0 Å². The van der Waals surface area contributed by atoms with Gasteiger partial charge in [-0.15, -0.1) is 0 Å². The molecular weight excluding hydrogens is 404 g/mol. The summed E-state index contributed by atoms with van der Waals surface area (Å²) in [6.45, 7) is 3.74. The molecule has 0 atom stereocenters. The van der Waals surface area contributed by atoms with Crippen LogP contribution in [0, 0.1) is 13.8 Å². The fraction of sp³-hybridized carbons (Fsp3) is 0.273. The van der Waals surface area contributed by atoms with E-state index >= 15 is 0 Å². The molecule has 158 valence electrons. The largest absolute Gasteiger partial charge is 0.495 e. The van der Waals surface area contributed by atoms with E-state index in [0.29, 0.717) is 22.7 Å². The van der Waals surface area contributed by atoms with Crippen LogP contribution in [0.25, 0.3) is 11.3 Å². The molecule has 1 aromatic heterocycles. The average molecular weight is 429 g/mol. The Balaban J connectivity index is 1.80. The van der Waals surface area contributed by atoms with Crippen LogP contribution in [0.4, 0.5) is 5.69 Å². The maximum Gasteiger partial charge on any atom is 0.227 e. The van der Waals surface area contributed by atoms with Gasteiger partial charge in [0.05, 0.1) is 18.6 Å². The maximum absolute atomic E-state index is 13.0. The number of benzene rings is 2. The zero-order valence-electron chi connectivity index (χ0n) is 17.4. The van der Waals surface area contributed by atoms with E-state index in [0.717, 1.165) is 5.56 Å². The van der Waals surface area contributed by atoms with E-state index in [4.69, 9.17) is 9.26 Å². The molecular formula is C22H24N2O5S. The van der Waals surface area contributed by atoms with Crippen molar-refractivity contribution < 1.29 is 22.5 Å². The van der Waals surface area contributed by atoms with E-state index in [1.165, 1.54) is 18.1 Å². The summed E-state index contributed by atoms with van der Waals surface area (Å²) in [7, 11) is -0.741. The van der Waals surface area contributed by atoms with Crippen molar-refractivity contribution in [1.82, 2.24) is 5.16 Å². The Labute approximate surface area is 176 Å². The van der Waals surface area contributed by atoms with Crippen LogP contribution in [0.2, 0.25) is 0 Å². The Hall–Kier alpha value is -3.13. The molecule has 0 saturated heterocycles. The third-order valence-corrected chi connectivity index (χ3v) is 6.52. The number of methoxy groups -OCH3 is 1. The van der Waals surface area contributed by atoms with Gasteiger partial charge in [-0.1, -0.05) is 22.9 Å². The standard InChI is InChI=1S/C22H24N2O5S/c1-15-5-8-18(9-6-15)24(3)22(25)11-12-30(26,27)21-14-17(7-10-19(21)28-4)20-13-16(2)23-29-20/h5-10,13-14H,11-12H2,1-4H3. The third-order valence-electron chi connectivity index (χ3n) is 4.79. The Morgan fingerprint density at radius 2 is 1.80 bits per heavy atom. The molecule has 0 radical (unpaired) electrons. The lowest BCUT2D eigenvalue weighted by Crippen LogP contribution is -2.28. The van der Waals surface area contributed by atoms with Crippen molar-refractivity contribution in [2.24, 2.45) is 0 Å². The van der Waals surface area contributed by atoms with Crippen molar-refractivity contribution in [3.05, 3.63) is 59.8 Å². The molecule has 3 rings (SSSR count). The van der Waals surface area contributed by atoms with Crippen LogP contribution < -0.4 is 9.64 Å². The molecule has 1 heterocycles. The summed E-state index contributed by atoms with van der Waals surface area (Å²) in [5.74, 6) is 0.0524. The maximum atomic E-state index is 13.0. The van der Waals surface area contributed by atoms with Crippen LogP contribution in [0.5, 0.6) is 5.75 Å². The second-order valence-electron chi connectivity index (χ2n) is 7.06. The van der Waals surface area contributed by atoms with E-state index in [1.54, 1.807) is 32.2 Å². The lowest BCUT2D eigenvalue weighted by Gasteiger charge is -2.18. The second kappa shape index (κ2) is 8.71. The van der Waals surface area contributed by atoms with Crippen molar-refractivity contribution in [2.45, 2.75) is 25.2 Å². The van der Waals surface area contributed by atoms with E-state index in [1.807, 2.05) is 31.2 Å². The molecule has 0 N–H and O–H groups in total. The number of aromatic nitrogens is 1. The Morgan fingerprint density at radius 3 is 2.40 bits per heavy atom. The Morgan fingerprint density at radius 1 is 1.10 bits per heavy atom. The molecule has 0 unspecified atom stereocenters. The van der Waals surface area contributed by atoms with Crippen molar-refractivity contribution in [3.63, 3.8) is 0 Å². The smallest absolute Gasteiger partial charge is 0.227 e. The van der Waals surface area contributed by atoms with Crippen molar-refractivity contribution in [1.29, 1.82) is 0 Å². The first-order valence-corrected chi connectivity index (χ1v) is 11.0. The molecule has 30 heavy (non-hydrogen) atoms. The lowest BCUT2D eigenvalue weighted by molar-refractivity contribution is -0.117. The highest BCUT2D eigenvalue weighted by Crippen LogP contribution is 2.31. The zero-order valence-corrected chi connectivity index (χ0v) is 18.2. The van der Waals surface area contributed by atoms with Gasteiger partial charge in [-0.3, -0.25) is 4.79 Å². The highest BCUT2D eigenvalue weighted by atomic mass is 32.2. The highest BCUT2D eigenvalue weighted by molar-refractivity contribution is 7.91. The number of aryl methyl sites for hydroxylation is 2. The summed E-state index contributed by atoms with van der Waals surface area (Å²) in [5.41, 5.74) is 3.05. The second-order valence-corrected chi connectivity index (χ2v) is 9.13.